The Morgan fingerprint density at radius 1 is 1.26 bits per heavy atom. The van der Waals surface area contributed by atoms with Crippen LogP contribution < -0.4 is 4.57 Å². The van der Waals surface area contributed by atoms with E-state index in [1.54, 1.807) is 18.6 Å². The summed E-state index contributed by atoms with van der Waals surface area (Å²) in [7, 11) is 0. The SMILES string of the molecule is O=C(C[n+]1ccncc1C=C(Br)Br)c1ccccc1. The normalized spacial score (nSPS) is 10.0. The van der Waals surface area contributed by atoms with E-state index in [2.05, 4.69) is 36.8 Å². The number of carbonyl (C=O) groups excluding carboxylic acids is 1. The van der Waals surface area contributed by atoms with E-state index in [0.717, 1.165) is 9.09 Å². The van der Waals surface area contributed by atoms with Crippen molar-refractivity contribution < 1.29 is 9.36 Å². The maximum atomic E-state index is 12.2. The molecule has 0 aliphatic carbocycles. The van der Waals surface area contributed by atoms with Crippen LogP contribution in [0.5, 0.6) is 0 Å². The summed E-state index contributed by atoms with van der Waals surface area (Å²) < 4.78 is 2.65. The van der Waals surface area contributed by atoms with E-state index >= 15 is 0 Å². The van der Waals surface area contributed by atoms with Crippen molar-refractivity contribution in [2.45, 2.75) is 6.54 Å². The van der Waals surface area contributed by atoms with Crippen LogP contribution in [0.2, 0.25) is 0 Å². The molecule has 0 bridgehead atoms. The summed E-state index contributed by atoms with van der Waals surface area (Å²) >= 11 is 6.62. The van der Waals surface area contributed by atoms with Crippen LogP contribution in [0.3, 0.4) is 0 Å². The largest absolute Gasteiger partial charge is 0.287 e. The molecule has 3 nitrogen and oxygen atoms in total. The molecule has 0 atom stereocenters. The number of benzene rings is 1. The van der Waals surface area contributed by atoms with E-state index in [1.807, 2.05) is 41.0 Å². The molecule has 0 saturated heterocycles. The zero-order valence-corrected chi connectivity index (χ0v) is 13.1. The van der Waals surface area contributed by atoms with E-state index in [0.29, 0.717) is 5.56 Å². The smallest absolute Gasteiger partial charge is 0.227 e. The van der Waals surface area contributed by atoms with E-state index in [-0.39, 0.29) is 12.3 Å². The highest BCUT2D eigenvalue weighted by molar-refractivity contribution is 9.28. The molecule has 0 unspecified atom stereocenters. The molecule has 0 radical (unpaired) electrons. The number of halogens is 2. The molecule has 96 valence electrons. The molecule has 0 N–H and O–H groups in total. The van der Waals surface area contributed by atoms with E-state index in [9.17, 15) is 4.79 Å². The third-order valence-corrected chi connectivity index (χ3v) is 3.00. The Balaban J connectivity index is 2.25. The zero-order chi connectivity index (χ0) is 13.7. The molecule has 1 aromatic heterocycles. The number of nitrogens with zero attached hydrogens (tertiary/aromatic N) is 2. The summed E-state index contributed by atoms with van der Waals surface area (Å²) in [5.41, 5.74) is 1.55. The highest BCUT2D eigenvalue weighted by Gasteiger charge is 2.15. The minimum Gasteiger partial charge on any atom is -0.287 e. The van der Waals surface area contributed by atoms with Crippen molar-refractivity contribution in [2.24, 2.45) is 0 Å². The number of Topliss-reactive ketones (excluding diaryl/α,β-unsaturated/α-hetero) is 1. The summed E-state index contributed by atoms with van der Waals surface area (Å²) in [5, 5.41) is 0. The molecule has 0 fully saturated rings. The Kier molecular flexibility index (Phi) is 4.99. The van der Waals surface area contributed by atoms with Crippen LogP contribution in [-0.4, -0.2) is 10.8 Å². The minimum absolute atomic E-state index is 0.0668. The van der Waals surface area contributed by atoms with Gasteiger partial charge in [0, 0.05) is 11.6 Å². The van der Waals surface area contributed by atoms with Gasteiger partial charge in [-0.05, 0) is 31.9 Å². The number of carbonyl (C=O) groups is 1. The van der Waals surface area contributed by atoms with E-state index < -0.39 is 0 Å². The molecule has 19 heavy (non-hydrogen) atoms. The average molecular weight is 383 g/mol. The topological polar surface area (TPSA) is 33.8 Å². The molecule has 2 aromatic rings. The fourth-order valence-corrected chi connectivity index (χ4v) is 2.11. The number of hydrogen-bond acceptors (Lipinski definition) is 2. The van der Waals surface area contributed by atoms with Gasteiger partial charge in [-0.1, -0.05) is 30.3 Å². The fraction of sp³-hybridized carbons (Fsp3) is 0.0714. The average Bonchev–Trinajstić information content (AvgIpc) is 2.41. The highest BCUT2D eigenvalue weighted by atomic mass is 79.9. The fourth-order valence-electron chi connectivity index (χ4n) is 1.64. The van der Waals surface area contributed by atoms with Crippen molar-refractivity contribution in [3.05, 3.63) is 63.6 Å². The summed E-state index contributed by atoms with van der Waals surface area (Å²) in [4.78, 5) is 16.2. The summed E-state index contributed by atoms with van der Waals surface area (Å²) in [5.74, 6) is 0.0668. The van der Waals surface area contributed by atoms with Crippen molar-refractivity contribution in [2.75, 3.05) is 0 Å². The first-order valence-electron chi connectivity index (χ1n) is 5.61. The minimum atomic E-state index is 0.0668. The van der Waals surface area contributed by atoms with Crippen molar-refractivity contribution in [3.63, 3.8) is 0 Å². The van der Waals surface area contributed by atoms with Gasteiger partial charge in [0.2, 0.25) is 18.0 Å². The third kappa shape index (κ3) is 4.08. The van der Waals surface area contributed by atoms with Gasteiger partial charge in [-0.25, -0.2) is 0 Å². The van der Waals surface area contributed by atoms with Crippen LogP contribution in [-0.2, 0) is 6.54 Å². The van der Waals surface area contributed by atoms with Crippen LogP contribution in [0.25, 0.3) is 6.08 Å². The Bertz CT molecular complexity index is 608. The second-order valence-electron chi connectivity index (χ2n) is 3.85. The molecule has 1 heterocycles. The van der Waals surface area contributed by atoms with Gasteiger partial charge >= 0.3 is 0 Å². The Labute approximate surface area is 128 Å². The predicted molar refractivity (Wildman–Crippen MR) is 81.0 cm³/mol. The number of ketones is 1. The van der Waals surface area contributed by atoms with Crippen LogP contribution in [0.4, 0.5) is 0 Å². The van der Waals surface area contributed by atoms with Gasteiger partial charge in [0.1, 0.15) is 0 Å². The Morgan fingerprint density at radius 3 is 2.68 bits per heavy atom. The molecular formula is C14H11Br2N2O+. The predicted octanol–water partition coefficient (Wildman–Crippen LogP) is 3.34. The van der Waals surface area contributed by atoms with Gasteiger partial charge in [0.15, 0.2) is 6.20 Å². The standard InChI is InChI=1S/C14H11Br2N2O/c15-14(16)8-12-9-17-6-7-18(12)10-13(19)11-4-2-1-3-5-11/h1-9H,10H2/q+1. The van der Waals surface area contributed by atoms with Crippen LogP contribution >= 0.6 is 31.9 Å². The molecular weight excluding hydrogens is 372 g/mol. The van der Waals surface area contributed by atoms with Crippen LogP contribution in [0, 0.1) is 0 Å². The first kappa shape index (κ1) is 14.1. The van der Waals surface area contributed by atoms with Gasteiger partial charge in [-0.2, -0.15) is 4.57 Å². The third-order valence-electron chi connectivity index (χ3n) is 2.54. The zero-order valence-electron chi connectivity index (χ0n) is 9.96. The molecule has 5 heteroatoms. The summed E-state index contributed by atoms with van der Waals surface area (Å²) in [6.07, 6.45) is 7.01. The first-order valence-corrected chi connectivity index (χ1v) is 7.20. The van der Waals surface area contributed by atoms with Crippen LogP contribution in [0.1, 0.15) is 16.1 Å². The van der Waals surface area contributed by atoms with Crippen molar-refractivity contribution in [3.8, 4) is 0 Å². The highest BCUT2D eigenvalue weighted by Crippen LogP contribution is 2.15. The molecule has 1 aromatic carbocycles. The maximum Gasteiger partial charge on any atom is 0.227 e. The molecule has 2 rings (SSSR count). The second-order valence-corrected chi connectivity index (χ2v) is 6.63. The number of rotatable bonds is 4. The lowest BCUT2D eigenvalue weighted by molar-refractivity contribution is -0.685. The lowest BCUT2D eigenvalue weighted by Crippen LogP contribution is -2.40. The van der Waals surface area contributed by atoms with Crippen molar-refractivity contribution in [1.82, 2.24) is 4.98 Å². The number of aromatic nitrogens is 2. The van der Waals surface area contributed by atoms with Gasteiger partial charge in [0.05, 0.1) is 15.8 Å². The van der Waals surface area contributed by atoms with Gasteiger partial charge in [0.25, 0.3) is 0 Å². The lowest BCUT2D eigenvalue weighted by Gasteiger charge is -2.00. The monoisotopic (exact) mass is 381 g/mol. The molecule has 0 amide bonds. The van der Waals surface area contributed by atoms with E-state index in [4.69, 9.17) is 0 Å². The number of hydrogen-bond donors (Lipinski definition) is 0. The van der Waals surface area contributed by atoms with Gasteiger partial charge in [-0.15, -0.1) is 0 Å². The summed E-state index contributed by atoms with van der Waals surface area (Å²) in [6.45, 7) is 0.283. The van der Waals surface area contributed by atoms with Crippen molar-refractivity contribution >= 4 is 43.7 Å². The van der Waals surface area contributed by atoms with Crippen LogP contribution in [0.15, 0.2) is 52.3 Å². The first-order chi connectivity index (χ1) is 9.16. The second kappa shape index (κ2) is 6.73. The molecule has 0 aliphatic heterocycles. The van der Waals surface area contributed by atoms with Gasteiger partial charge in [-0.3, -0.25) is 9.78 Å². The molecule has 0 aliphatic rings. The lowest BCUT2D eigenvalue weighted by atomic mass is 10.1. The maximum absolute atomic E-state index is 12.2. The van der Waals surface area contributed by atoms with Crippen molar-refractivity contribution in [1.29, 1.82) is 0 Å². The Hall–Kier alpha value is -1.33. The van der Waals surface area contributed by atoms with E-state index in [1.165, 1.54) is 0 Å². The molecule has 0 spiro atoms. The Morgan fingerprint density at radius 2 is 2.00 bits per heavy atom. The summed E-state index contributed by atoms with van der Waals surface area (Å²) in [6, 6.07) is 9.26. The van der Waals surface area contributed by atoms with Gasteiger partial charge < -0.3 is 0 Å². The quantitative estimate of drug-likeness (QED) is 0.600. The molecule has 0 saturated carbocycles.